The Labute approximate surface area is 125 Å². The number of hydrogen-bond acceptors (Lipinski definition) is 8. The van der Waals surface area contributed by atoms with Crippen molar-refractivity contribution in [3.05, 3.63) is 25.3 Å². The van der Waals surface area contributed by atoms with Crippen LogP contribution in [0, 0.1) is 5.92 Å². The van der Waals surface area contributed by atoms with Crippen LogP contribution in [0.3, 0.4) is 0 Å². The van der Waals surface area contributed by atoms with Crippen LogP contribution in [0.1, 0.15) is 6.42 Å². The third-order valence-corrected chi connectivity index (χ3v) is 3.31. The molecule has 1 saturated carbocycles. The van der Waals surface area contributed by atoms with E-state index in [0.717, 1.165) is 0 Å². The summed E-state index contributed by atoms with van der Waals surface area (Å²) >= 11 is 0. The minimum atomic E-state index is -1.64. The highest BCUT2D eigenvalue weighted by atomic mass is 28.3. The molecule has 0 amide bonds. The summed E-state index contributed by atoms with van der Waals surface area (Å²) in [4.78, 5) is 0. The van der Waals surface area contributed by atoms with Crippen LogP contribution in [-0.2, 0) is 8.85 Å². The van der Waals surface area contributed by atoms with Crippen molar-refractivity contribution in [2.24, 2.45) is 39.3 Å². The molecule has 0 aliphatic heterocycles. The van der Waals surface area contributed by atoms with E-state index in [-0.39, 0.29) is 5.92 Å². The molecule has 20 heavy (non-hydrogen) atoms. The molecule has 0 saturated heterocycles. The maximum atomic E-state index is 5.90. The van der Waals surface area contributed by atoms with Gasteiger partial charge in [0.15, 0.2) is 0 Å². The summed E-state index contributed by atoms with van der Waals surface area (Å²) in [5.41, 5.74) is 15.8. The lowest BCUT2D eigenvalue weighted by atomic mass is 9.59. The Kier molecular flexibility index (Phi) is 11.3. The van der Waals surface area contributed by atoms with Crippen molar-refractivity contribution in [2.75, 3.05) is 14.2 Å². The van der Waals surface area contributed by atoms with Gasteiger partial charge >= 0.3 is 10.0 Å². The molecule has 8 nitrogen and oxygen atoms in total. The Morgan fingerprint density at radius 3 is 1.65 bits per heavy atom. The first kappa shape index (κ1) is 21.9. The average molecular weight is 323 g/mol. The summed E-state index contributed by atoms with van der Waals surface area (Å²) in [5, 5.41) is 14.4. The van der Waals surface area contributed by atoms with Crippen LogP contribution in [0.25, 0.3) is 0 Å². The Morgan fingerprint density at radius 1 is 1.15 bits per heavy atom. The first-order valence-corrected chi connectivity index (χ1v) is 9.15. The van der Waals surface area contributed by atoms with Crippen LogP contribution < -0.4 is 33.4 Å². The van der Waals surface area contributed by atoms with Gasteiger partial charge in [0.05, 0.1) is 11.2 Å². The molecule has 0 aromatic carbocycles. The lowest BCUT2D eigenvalue weighted by Crippen LogP contribution is -2.81. The number of nitrogens with two attached hydrogens (primary N) is 6. The molecule has 10 heteroatoms. The lowest BCUT2D eigenvalue weighted by molar-refractivity contribution is 0.0791. The van der Waals surface area contributed by atoms with Crippen LogP contribution in [-0.4, -0.2) is 44.7 Å². The van der Waals surface area contributed by atoms with E-state index in [4.69, 9.17) is 33.4 Å². The van der Waals surface area contributed by atoms with E-state index >= 15 is 0 Å². The molecule has 1 aliphatic rings. The van der Waals surface area contributed by atoms with Crippen LogP contribution >= 0.6 is 0 Å². The summed E-state index contributed by atoms with van der Waals surface area (Å²) in [7, 11) is 1.09. The van der Waals surface area contributed by atoms with E-state index in [0.29, 0.717) is 6.42 Å². The molecule has 12 N–H and O–H groups in total. The second kappa shape index (κ2) is 10.3. The quantitative estimate of drug-likeness (QED) is 0.176. The molecule has 0 radical (unpaired) electrons. The summed E-state index contributed by atoms with van der Waals surface area (Å²) in [6.45, 7) is 7.27. The molecule has 1 fully saturated rings. The fraction of sp³-hybridized carbons (Fsp3) is 0.600. The van der Waals surface area contributed by atoms with E-state index in [1.165, 1.54) is 0 Å². The predicted octanol–water partition coefficient (Wildman–Crippen LogP) is -3.45. The molecule has 0 aromatic rings. The molecular formula is C10H30N6O2Si2. The fourth-order valence-corrected chi connectivity index (χ4v) is 1.90. The van der Waals surface area contributed by atoms with E-state index in [1.807, 2.05) is 0 Å². The minimum absolute atomic E-state index is 0.162. The molecule has 1 aliphatic carbocycles. The standard InChI is InChI=1S/C8H15N3.C2H8O2Si.H7N3Si/c1-3-6-5-8(10,11)7(6,9)4-2;1-3-5-4-2;1-4(2)3/h3-4,6H,1-2,5,9-11H2;5H2,1-2H3;4H,1-3H2. The van der Waals surface area contributed by atoms with Gasteiger partial charge in [-0.25, -0.2) is 0 Å². The van der Waals surface area contributed by atoms with Gasteiger partial charge in [0, 0.05) is 20.1 Å². The highest BCUT2D eigenvalue weighted by molar-refractivity contribution is 6.47. The first-order chi connectivity index (χ1) is 9.12. The highest BCUT2D eigenvalue weighted by Crippen LogP contribution is 2.42. The molecule has 0 aromatic heterocycles. The van der Waals surface area contributed by atoms with Gasteiger partial charge in [0.1, 0.15) is 0 Å². The molecule has 0 spiro atoms. The van der Waals surface area contributed by atoms with E-state index < -0.39 is 30.5 Å². The zero-order valence-electron chi connectivity index (χ0n) is 12.4. The van der Waals surface area contributed by atoms with Gasteiger partial charge in [-0.3, -0.25) is 0 Å². The van der Waals surface area contributed by atoms with Gasteiger partial charge in [0.25, 0.3) is 9.28 Å². The minimum Gasteiger partial charge on any atom is -0.402 e. The molecule has 120 valence electrons. The number of rotatable bonds is 4. The normalized spacial score (nSPS) is 26.4. The highest BCUT2D eigenvalue weighted by Gasteiger charge is 2.56. The SMILES string of the molecule is C=CC1CC(N)(N)C1(N)C=C.CO[SiH2]OC.N[SiH](N)N. The average Bonchev–Trinajstić information content (AvgIpc) is 2.36. The van der Waals surface area contributed by atoms with Crippen molar-refractivity contribution in [2.45, 2.75) is 17.6 Å². The maximum Gasteiger partial charge on any atom is 0.303 e. The fourth-order valence-electron chi connectivity index (χ4n) is 1.66. The third-order valence-electron chi connectivity index (χ3n) is 2.84. The summed E-state index contributed by atoms with van der Waals surface area (Å²) in [6.07, 6.45) is 4.07. The summed E-state index contributed by atoms with van der Waals surface area (Å²) < 4.78 is 9.22. The Bertz CT molecular complexity index is 288. The van der Waals surface area contributed by atoms with Crippen LogP contribution in [0.2, 0.25) is 0 Å². The number of hydrogen-bond donors (Lipinski definition) is 6. The zero-order valence-corrected chi connectivity index (χ0v) is 15.0. The zero-order chi connectivity index (χ0) is 16.4. The second-order valence-electron chi connectivity index (χ2n) is 4.50. The van der Waals surface area contributed by atoms with Crippen LogP contribution in [0.4, 0.5) is 0 Å². The monoisotopic (exact) mass is 322 g/mol. The maximum absolute atomic E-state index is 5.90. The smallest absolute Gasteiger partial charge is 0.303 e. The van der Waals surface area contributed by atoms with E-state index in [9.17, 15) is 0 Å². The Morgan fingerprint density at radius 2 is 1.55 bits per heavy atom. The van der Waals surface area contributed by atoms with Crippen molar-refractivity contribution in [3.8, 4) is 0 Å². The topological polar surface area (TPSA) is 175 Å². The van der Waals surface area contributed by atoms with Gasteiger partial charge in [-0.1, -0.05) is 12.2 Å². The molecule has 2 unspecified atom stereocenters. The van der Waals surface area contributed by atoms with Crippen molar-refractivity contribution < 1.29 is 8.85 Å². The van der Waals surface area contributed by atoms with Crippen molar-refractivity contribution in [3.63, 3.8) is 0 Å². The van der Waals surface area contributed by atoms with Gasteiger partial charge in [-0.05, 0) is 6.42 Å². The molecule has 2 atom stereocenters. The van der Waals surface area contributed by atoms with Gasteiger partial charge in [-0.2, -0.15) is 0 Å². The van der Waals surface area contributed by atoms with Gasteiger partial charge in [-0.15, -0.1) is 13.2 Å². The van der Waals surface area contributed by atoms with Crippen molar-refractivity contribution >= 4 is 19.3 Å². The predicted molar refractivity (Wildman–Crippen MR) is 88.8 cm³/mol. The van der Waals surface area contributed by atoms with Gasteiger partial charge in [0.2, 0.25) is 0 Å². The first-order valence-electron chi connectivity index (χ1n) is 6.00. The Balaban J connectivity index is 0. The molecule has 0 bridgehead atoms. The Hall–Kier alpha value is -0.406. The lowest BCUT2D eigenvalue weighted by Gasteiger charge is -2.56. The van der Waals surface area contributed by atoms with Crippen molar-refractivity contribution in [1.29, 1.82) is 0 Å². The second-order valence-corrected chi connectivity index (χ2v) is 7.04. The van der Waals surface area contributed by atoms with Gasteiger partial charge < -0.3 is 42.3 Å². The molecule has 1 rings (SSSR count). The molecule has 0 heterocycles. The summed E-state index contributed by atoms with van der Waals surface area (Å²) in [6, 6.07) is 0. The van der Waals surface area contributed by atoms with E-state index in [1.54, 1.807) is 26.4 Å². The molecular weight excluding hydrogens is 292 g/mol. The third kappa shape index (κ3) is 6.85. The van der Waals surface area contributed by atoms with E-state index in [2.05, 4.69) is 22.0 Å². The van der Waals surface area contributed by atoms with Crippen molar-refractivity contribution in [1.82, 2.24) is 0 Å². The van der Waals surface area contributed by atoms with Crippen LogP contribution in [0.5, 0.6) is 0 Å². The van der Waals surface area contributed by atoms with Crippen LogP contribution in [0.15, 0.2) is 25.3 Å². The summed E-state index contributed by atoms with van der Waals surface area (Å²) in [5.74, 6) is 0.162. The largest absolute Gasteiger partial charge is 0.402 e.